The van der Waals surface area contributed by atoms with Crippen molar-refractivity contribution >= 4 is 12.6 Å². The number of carbonyl (C=O) groups is 1. The summed E-state index contributed by atoms with van der Waals surface area (Å²) >= 11 is 0. The fraction of sp³-hybridized carbons (Fsp3) is 0. The van der Waals surface area contributed by atoms with Crippen molar-refractivity contribution < 1.29 is 4.79 Å². The van der Waals surface area contributed by atoms with Crippen LogP contribution in [0.3, 0.4) is 0 Å². The second-order valence-corrected chi connectivity index (χ2v) is 2.09. The van der Waals surface area contributed by atoms with Crippen molar-refractivity contribution in [2.24, 2.45) is 4.99 Å². The zero-order valence-electron chi connectivity index (χ0n) is 5.64. The highest BCUT2D eigenvalue weighted by Gasteiger charge is 2.17. The SMILES string of the molecule is O=CN1C=C2N=CC=CN2N1. The van der Waals surface area contributed by atoms with E-state index in [1.54, 1.807) is 29.7 Å². The summed E-state index contributed by atoms with van der Waals surface area (Å²) in [5, 5.41) is 2.94. The van der Waals surface area contributed by atoms with Crippen LogP contribution in [-0.2, 0) is 4.79 Å². The van der Waals surface area contributed by atoms with E-state index in [0.29, 0.717) is 12.2 Å². The monoisotopic (exact) mass is 150 g/mol. The molecule has 0 aromatic rings. The first kappa shape index (κ1) is 6.11. The van der Waals surface area contributed by atoms with E-state index < -0.39 is 0 Å². The van der Waals surface area contributed by atoms with Crippen molar-refractivity contribution in [1.82, 2.24) is 15.6 Å². The molecule has 1 N–H and O–H groups in total. The van der Waals surface area contributed by atoms with Gasteiger partial charge in [-0.3, -0.25) is 4.79 Å². The van der Waals surface area contributed by atoms with Crippen LogP contribution in [0.2, 0.25) is 0 Å². The first-order valence-electron chi connectivity index (χ1n) is 3.12. The highest BCUT2D eigenvalue weighted by molar-refractivity contribution is 5.73. The quantitative estimate of drug-likeness (QED) is 0.516. The lowest BCUT2D eigenvalue weighted by molar-refractivity contribution is -0.119. The fourth-order valence-corrected chi connectivity index (χ4v) is 0.894. The third-order valence-electron chi connectivity index (χ3n) is 1.37. The van der Waals surface area contributed by atoms with Crippen molar-refractivity contribution in [3.8, 4) is 0 Å². The maximum Gasteiger partial charge on any atom is 0.229 e. The number of nitrogens with zero attached hydrogens (tertiary/aromatic N) is 3. The minimum Gasteiger partial charge on any atom is -0.277 e. The molecule has 2 heterocycles. The molecule has 0 saturated carbocycles. The molecule has 0 aliphatic carbocycles. The first-order chi connectivity index (χ1) is 5.40. The molecule has 0 fully saturated rings. The Kier molecular flexibility index (Phi) is 1.23. The van der Waals surface area contributed by atoms with E-state index in [1.165, 1.54) is 5.01 Å². The summed E-state index contributed by atoms with van der Waals surface area (Å²) in [6.07, 6.45) is 7.50. The van der Waals surface area contributed by atoms with Crippen LogP contribution >= 0.6 is 0 Å². The Bertz CT molecular complexity index is 268. The maximum atomic E-state index is 10.3. The summed E-state index contributed by atoms with van der Waals surface area (Å²) < 4.78 is 0. The summed E-state index contributed by atoms with van der Waals surface area (Å²) in [7, 11) is 0. The lowest BCUT2D eigenvalue weighted by atomic mass is 10.5. The average molecular weight is 150 g/mol. The number of aliphatic imine (C=N–C) groups is 1. The molecule has 2 aliphatic rings. The molecule has 1 amide bonds. The van der Waals surface area contributed by atoms with E-state index in [-0.39, 0.29) is 0 Å². The Hall–Kier alpha value is -1.62. The number of hydrazine groups is 2. The molecule has 0 radical (unpaired) electrons. The molecule has 11 heavy (non-hydrogen) atoms. The zero-order chi connectivity index (χ0) is 7.68. The van der Waals surface area contributed by atoms with E-state index in [4.69, 9.17) is 0 Å². The topological polar surface area (TPSA) is 47.9 Å². The standard InChI is InChI=1S/C6H6N4O/c11-5-9-4-6-7-2-1-3-10(6)8-9/h1-5,8H. The maximum absolute atomic E-state index is 10.3. The van der Waals surface area contributed by atoms with E-state index in [0.717, 1.165) is 0 Å². The van der Waals surface area contributed by atoms with Gasteiger partial charge in [0.15, 0.2) is 5.82 Å². The zero-order valence-corrected chi connectivity index (χ0v) is 5.64. The van der Waals surface area contributed by atoms with Gasteiger partial charge in [0.1, 0.15) is 0 Å². The largest absolute Gasteiger partial charge is 0.277 e. The van der Waals surface area contributed by atoms with Crippen molar-refractivity contribution in [3.63, 3.8) is 0 Å². The van der Waals surface area contributed by atoms with E-state index in [2.05, 4.69) is 10.5 Å². The number of hydrogen-bond donors (Lipinski definition) is 1. The fourth-order valence-electron chi connectivity index (χ4n) is 0.894. The molecule has 0 unspecified atom stereocenters. The van der Waals surface area contributed by atoms with E-state index in [1.807, 2.05) is 0 Å². The molecule has 0 atom stereocenters. The number of rotatable bonds is 1. The lowest BCUT2D eigenvalue weighted by Crippen LogP contribution is -2.36. The summed E-state index contributed by atoms with van der Waals surface area (Å²) in [5.41, 5.74) is 2.75. The molecule has 2 rings (SSSR count). The number of hydrogen-bond acceptors (Lipinski definition) is 4. The van der Waals surface area contributed by atoms with Crippen molar-refractivity contribution in [1.29, 1.82) is 0 Å². The number of nitrogens with one attached hydrogen (secondary N) is 1. The van der Waals surface area contributed by atoms with Crippen LogP contribution in [0.15, 0.2) is 29.3 Å². The summed E-state index contributed by atoms with van der Waals surface area (Å²) in [6, 6.07) is 0. The molecule has 5 heteroatoms. The molecular weight excluding hydrogens is 144 g/mol. The van der Waals surface area contributed by atoms with Gasteiger partial charge in [-0.1, -0.05) is 0 Å². The van der Waals surface area contributed by atoms with E-state index in [9.17, 15) is 4.79 Å². The van der Waals surface area contributed by atoms with Gasteiger partial charge in [0.25, 0.3) is 0 Å². The van der Waals surface area contributed by atoms with Crippen molar-refractivity contribution in [2.75, 3.05) is 0 Å². The van der Waals surface area contributed by atoms with Crippen LogP contribution < -0.4 is 5.53 Å². The number of fused-ring (bicyclic) bond motifs is 1. The normalized spacial score (nSPS) is 20.2. The van der Waals surface area contributed by atoms with Gasteiger partial charge in [0.05, 0.1) is 6.20 Å². The molecule has 0 aromatic carbocycles. The van der Waals surface area contributed by atoms with E-state index >= 15 is 0 Å². The van der Waals surface area contributed by atoms with Crippen LogP contribution in [0, 0.1) is 0 Å². The molecule has 2 aliphatic heterocycles. The van der Waals surface area contributed by atoms with Crippen LogP contribution in [0.5, 0.6) is 0 Å². The molecule has 0 aromatic heterocycles. The number of amides is 1. The lowest BCUT2D eigenvalue weighted by Gasteiger charge is -2.16. The second kappa shape index (κ2) is 2.21. The van der Waals surface area contributed by atoms with Gasteiger partial charge >= 0.3 is 0 Å². The Morgan fingerprint density at radius 3 is 3.27 bits per heavy atom. The van der Waals surface area contributed by atoms with Crippen molar-refractivity contribution in [3.05, 3.63) is 24.3 Å². The Morgan fingerprint density at radius 1 is 1.64 bits per heavy atom. The van der Waals surface area contributed by atoms with Gasteiger partial charge in [-0.25, -0.2) is 15.0 Å². The van der Waals surface area contributed by atoms with Gasteiger partial charge in [-0.15, -0.1) is 5.53 Å². The molecule has 56 valence electrons. The summed E-state index contributed by atoms with van der Waals surface area (Å²) in [5.74, 6) is 0.708. The summed E-state index contributed by atoms with van der Waals surface area (Å²) in [4.78, 5) is 14.3. The average Bonchev–Trinajstić information content (AvgIpc) is 2.46. The van der Waals surface area contributed by atoms with Gasteiger partial charge in [-0.05, 0) is 6.08 Å². The highest BCUT2D eigenvalue weighted by atomic mass is 16.2. The molecule has 0 bridgehead atoms. The predicted molar refractivity (Wildman–Crippen MR) is 38.6 cm³/mol. The third-order valence-corrected chi connectivity index (χ3v) is 1.37. The Labute approximate surface area is 63.2 Å². The Balaban J connectivity index is 2.25. The Morgan fingerprint density at radius 2 is 2.55 bits per heavy atom. The predicted octanol–water partition coefficient (Wildman–Crippen LogP) is -0.423. The minimum absolute atomic E-state index is 0.675. The highest BCUT2D eigenvalue weighted by Crippen LogP contribution is 2.13. The molecule has 0 saturated heterocycles. The first-order valence-corrected chi connectivity index (χ1v) is 3.12. The summed E-state index contributed by atoms with van der Waals surface area (Å²) in [6.45, 7) is 0. The van der Waals surface area contributed by atoms with Gasteiger partial charge < -0.3 is 0 Å². The van der Waals surface area contributed by atoms with Gasteiger partial charge in [-0.2, -0.15) is 0 Å². The van der Waals surface area contributed by atoms with Crippen LogP contribution in [0.4, 0.5) is 0 Å². The third kappa shape index (κ3) is 0.908. The molecule has 0 spiro atoms. The van der Waals surface area contributed by atoms with Crippen LogP contribution in [0.1, 0.15) is 0 Å². The number of allylic oxidation sites excluding steroid dienone is 1. The number of carbonyl (C=O) groups excluding carboxylic acids is 1. The molecular formula is C6H6N4O. The smallest absolute Gasteiger partial charge is 0.229 e. The molecule has 5 nitrogen and oxygen atoms in total. The van der Waals surface area contributed by atoms with Crippen molar-refractivity contribution in [2.45, 2.75) is 0 Å². The van der Waals surface area contributed by atoms with Crippen LogP contribution in [-0.4, -0.2) is 22.6 Å². The van der Waals surface area contributed by atoms with Gasteiger partial charge in [0.2, 0.25) is 6.41 Å². The second-order valence-electron chi connectivity index (χ2n) is 2.09. The minimum atomic E-state index is 0.675. The van der Waals surface area contributed by atoms with Gasteiger partial charge in [0, 0.05) is 12.4 Å². The van der Waals surface area contributed by atoms with Crippen LogP contribution in [0.25, 0.3) is 0 Å².